The van der Waals surface area contributed by atoms with Crippen molar-refractivity contribution in [2.45, 2.75) is 12.8 Å². The fourth-order valence-electron chi connectivity index (χ4n) is 1.93. The third-order valence-corrected chi connectivity index (χ3v) is 3.88. The molecule has 1 aromatic rings. The zero-order chi connectivity index (χ0) is 12.3. The van der Waals surface area contributed by atoms with Crippen LogP contribution in [-0.4, -0.2) is 19.8 Å². The molecule has 1 aromatic carbocycles. The number of nitrogens with one attached hydrogen (secondary N) is 1. The fourth-order valence-corrected chi connectivity index (χ4v) is 3.27. The molecule has 1 heterocycles. The number of hydrogen-bond donors (Lipinski definition) is 1. The quantitative estimate of drug-likeness (QED) is 0.869. The Balaban J connectivity index is 1.98. The Bertz CT molecular complexity index is 371. The van der Waals surface area contributed by atoms with Crippen LogP contribution in [0, 0.1) is 5.92 Å². The third kappa shape index (κ3) is 3.75. The average Bonchev–Trinajstić information content (AvgIpc) is 2.29. The number of anilines is 1. The largest absolute Gasteiger partial charge is 0.382 e. The SMILES string of the molecule is Clc1cc(Br)cc(Cl)c1NCC1CCCOC1. The molecule has 0 spiro atoms. The summed E-state index contributed by atoms with van der Waals surface area (Å²) in [6.07, 6.45) is 2.33. The zero-order valence-corrected chi connectivity index (χ0v) is 12.4. The third-order valence-electron chi connectivity index (χ3n) is 2.83. The van der Waals surface area contributed by atoms with Gasteiger partial charge in [0.25, 0.3) is 0 Å². The lowest BCUT2D eigenvalue weighted by Crippen LogP contribution is -2.24. The van der Waals surface area contributed by atoms with Crippen molar-refractivity contribution in [3.05, 3.63) is 26.7 Å². The first-order valence-electron chi connectivity index (χ1n) is 5.63. The van der Waals surface area contributed by atoms with Crippen LogP contribution >= 0.6 is 39.1 Å². The van der Waals surface area contributed by atoms with E-state index in [9.17, 15) is 0 Å². The Kier molecular flexibility index (Phi) is 4.97. The topological polar surface area (TPSA) is 21.3 Å². The van der Waals surface area contributed by atoms with Gasteiger partial charge in [0.15, 0.2) is 0 Å². The fraction of sp³-hybridized carbons (Fsp3) is 0.500. The maximum absolute atomic E-state index is 6.14. The van der Waals surface area contributed by atoms with E-state index in [1.54, 1.807) is 0 Å². The van der Waals surface area contributed by atoms with Crippen molar-refractivity contribution in [1.82, 2.24) is 0 Å². The van der Waals surface area contributed by atoms with Gasteiger partial charge in [0.1, 0.15) is 0 Å². The van der Waals surface area contributed by atoms with Crippen molar-refractivity contribution in [3.8, 4) is 0 Å². The van der Waals surface area contributed by atoms with E-state index in [1.165, 1.54) is 6.42 Å². The number of halogens is 3. The first-order valence-corrected chi connectivity index (χ1v) is 7.18. The summed E-state index contributed by atoms with van der Waals surface area (Å²) in [6, 6.07) is 3.68. The summed E-state index contributed by atoms with van der Waals surface area (Å²) in [5.41, 5.74) is 0.808. The molecule has 1 N–H and O–H groups in total. The summed E-state index contributed by atoms with van der Waals surface area (Å²) >= 11 is 15.6. The summed E-state index contributed by atoms with van der Waals surface area (Å²) in [6.45, 7) is 2.55. The Labute approximate surface area is 120 Å². The Morgan fingerprint density at radius 3 is 2.65 bits per heavy atom. The summed E-state index contributed by atoms with van der Waals surface area (Å²) < 4.78 is 6.32. The van der Waals surface area contributed by atoms with Gasteiger partial charge in [-0.3, -0.25) is 0 Å². The predicted molar refractivity (Wildman–Crippen MR) is 76.2 cm³/mol. The molecule has 0 amide bonds. The van der Waals surface area contributed by atoms with Crippen molar-refractivity contribution in [1.29, 1.82) is 0 Å². The molecule has 1 saturated heterocycles. The van der Waals surface area contributed by atoms with Crippen molar-refractivity contribution >= 4 is 44.8 Å². The number of rotatable bonds is 3. The van der Waals surface area contributed by atoms with Gasteiger partial charge in [-0.25, -0.2) is 0 Å². The van der Waals surface area contributed by atoms with Gasteiger partial charge in [-0.1, -0.05) is 39.1 Å². The van der Waals surface area contributed by atoms with Gasteiger partial charge in [0, 0.05) is 17.6 Å². The molecular weight excluding hydrogens is 325 g/mol. The average molecular weight is 339 g/mol. The Morgan fingerprint density at radius 2 is 2.06 bits per heavy atom. The highest BCUT2D eigenvalue weighted by Gasteiger charge is 2.15. The number of hydrogen-bond acceptors (Lipinski definition) is 2. The summed E-state index contributed by atoms with van der Waals surface area (Å²) in [5.74, 6) is 0.541. The van der Waals surface area contributed by atoms with Crippen molar-refractivity contribution < 1.29 is 4.74 Å². The minimum atomic E-state index is 0.541. The van der Waals surface area contributed by atoms with Crippen molar-refractivity contribution in [2.75, 3.05) is 25.1 Å². The lowest BCUT2D eigenvalue weighted by Gasteiger charge is -2.23. The van der Waals surface area contributed by atoms with Gasteiger partial charge in [-0.2, -0.15) is 0 Å². The number of benzene rings is 1. The normalized spacial score (nSPS) is 20.3. The minimum Gasteiger partial charge on any atom is -0.382 e. The van der Waals surface area contributed by atoms with E-state index in [2.05, 4.69) is 21.2 Å². The second-order valence-electron chi connectivity index (χ2n) is 4.21. The maximum Gasteiger partial charge on any atom is 0.0719 e. The van der Waals surface area contributed by atoms with Gasteiger partial charge in [0.2, 0.25) is 0 Å². The van der Waals surface area contributed by atoms with E-state index in [0.717, 1.165) is 36.3 Å². The van der Waals surface area contributed by atoms with Crippen LogP contribution in [0.4, 0.5) is 5.69 Å². The summed E-state index contributed by atoms with van der Waals surface area (Å²) in [4.78, 5) is 0. The first kappa shape index (κ1) is 13.5. The zero-order valence-electron chi connectivity index (χ0n) is 9.31. The maximum atomic E-state index is 6.14. The van der Waals surface area contributed by atoms with Gasteiger partial charge in [0.05, 0.1) is 22.3 Å². The molecule has 0 bridgehead atoms. The van der Waals surface area contributed by atoms with Crippen LogP contribution in [0.2, 0.25) is 10.0 Å². The van der Waals surface area contributed by atoms with Crippen LogP contribution in [-0.2, 0) is 4.74 Å². The van der Waals surface area contributed by atoms with E-state index >= 15 is 0 Å². The van der Waals surface area contributed by atoms with Crippen LogP contribution in [0.25, 0.3) is 0 Å². The highest BCUT2D eigenvalue weighted by Crippen LogP contribution is 2.34. The summed E-state index contributed by atoms with van der Waals surface area (Å²) in [7, 11) is 0. The van der Waals surface area contributed by atoms with Gasteiger partial charge in [-0.15, -0.1) is 0 Å². The number of ether oxygens (including phenoxy) is 1. The molecule has 0 aliphatic carbocycles. The monoisotopic (exact) mass is 337 g/mol. The molecule has 17 heavy (non-hydrogen) atoms. The van der Waals surface area contributed by atoms with E-state index < -0.39 is 0 Å². The second-order valence-corrected chi connectivity index (χ2v) is 5.94. The molecule has 2 nitrogen and oxygen atoms in total. The molecule has 0 saturated carbocycles. The Hall–Kier alpha value is 0.0400. The molecule has 1 unspecified atom stereocenters. The van der Waals surface area contributed by atoms with E-state index in [4.69, 9.17) is 27.9 Å². The molecule has 94 valence electrons. The standard InChI is InChI=1S/C12H14BrCl2NO/c13-9-4-10(14)12(11(15)5-9)16-6-8-2-1-3-17-7-8/h4-5,8,16H,1-3,6-7H2. The minimum absolute atomic E-state index is 0.541. The van der Waals surface area contributed by atoms with Crippen molar-refractivity contribution in [3.63, 3.8) is 0 Å². The van der Waals surface area contributed by atoms with Gasteiger partial charge < -0.3 is 10.1 Å². The second kappa shape index (κ2) is 6.28. The smallest absolute Gasteiger partial charge is 0.0719 e. The molecule has 1 aliphatic heterocycles. The molecule has 0 radical (unpaired) electrons. The lowest BCUT2D eigenvalue weighted by atomic mass is 10.0. The highest BCUT2D eigenvalue weighted by atomic mass is 79.9. The molecule has 1 aliphatic rings. The Morgan fingerprint density at radius 1 is 1.35 bits per heavy atom. The molecule has 1 atom stereocenters. The van der Waals surface area contributed by atoms with Gasteiger partial charge >= 0.3 is 0 Å². The molecule has 2 rings (SSSR count). The van der Waals surface area contributed by atoms with Crippen LogP contribution in [0.3, 0.4) is 0 Å². The van der Waals surface area contributed by atoms with E-state index in [1.807, 2.05) is 12.1 Å². The molecular formula is C12H14BrCl2NO. The summed E-state index contributed by atoms with van der Waals surface area (Å²) in [5, 5.41) is 4.59. The molecule has 1 fully saturated rings. The molecule has 0 aromatic heterocycles. The van der Waals surface area contributed by atoms with Crippen LogP contribution in [0.5, 0.6) is 0 Å². The molecule has 5 heteroatoms. The van der Waals surface area contributed by atoms with Crippen molar-refractivity contribution in [2.24, 2.45) is 5.92 Å². The van der Waals surface area contributed by atoms with E-state index in [0.29, 0.717) is 16.0 Å². The van der Waals surface area contributed by atoms with Crippen LogP contribution in [0.1, 0.15) is 12.8 Å². The highest BCUT2D eigenvalue weighted by molar-refractivity contribution is 9.10. The van der Waals surface area contributed by atoms with Crippen LogP contribution in [0.15, 0.2) is 16.6 Å². The first-order chi connectivity index (χ1) is 8.16. The van der Waals surface area contributed by atoms with E-state index in [-0.39, 0.29) is 0 Å². The lowest BCUT2D eigenvalue weighted by molar-refractivity contribution is 0.0595. The predicted octanol–water partition coefficient (Wildman–Crippen LogP) is 4.59. The van der Waals surface area contributed by atoms with Gasteiger partial charge in [-0.05, 0) is 30.9 Å². The van der Waals surface area contributed by atoms with Crippen LogP contribution < -0.4 is 5.32 Å².